The van der Waals surface area contributed by atoms with Crippen LogP contribution >= 0.6 is 0 Å². The summed E-state index contributed by atoms with van der Waals surface area (Å²) in [5.41, 5.74) is 7.28. The number of aromatic nitrogens is 2. The summed E-state index contributed by atoms with van der Waals surface area (Å²) in [4.78, 5) is 13.8. The van der Waals surface area contributed by atoms with Crippen LogP contribution in [0.5, 0.6) is 11.5 Å². The molecule has 4 fully saturated rings. The first-order valence-corrected chi connectivity index (χ1v) is 9.76. The lowest BCUT2D eigenvalue weighted by Crippen LogP contribution is -2.60. The maximum Gasteiger partial charge on any atom is 0.231 e. The predicted molar refractivity (Wildman–Crippen MR) is 101 cm³/mol. The van der Waals surface area contributed by atoms with Crippen LogP contribution in [0, 0.1) is 5.92 Å². The first-order valence-electron chi connectivity index (χ1n) is 9.76. The van der Waals surface area contributed by atoms with E-state index in [9.17, 15) is 0 Å². The Bertz CT molecular complexity index is 882. The second kappa shape index (κ2) is 5.73. The van der Waals surface area contributed by atoms with Crippen molar-refractivity contribution < 1.29 is 9.47 Å². The van der Waals surface area contributed by atoms with Gasteiger partial charge >= 0.3 is 0 Å². The molecule has 1 aromatic heterocycles. The van der Waals surface area contributed by atoms with Gasteiger partial charge in [0.15, 0.2) is 11.5 Å². The quantitative estimate of drug-likeness (QED) is 0.870. The van der Waals surface area contributed by atoms with Crippen molar-refractivity contribution in [3.8, 4) is 11.5 Å². The van der Waals surface area contributed by atoms with Crippen molar-refractivity contribution in [1.29, 1.82) is 0 Å². The Kier molecular flexibility index (Phi) is 3.29. The van der Waals surface area contributed by atoms with E-state index in [1.807, 2.05) is 6.07 Å². The third-order valence-corrected chi connectivity index (χ3v) is 6.79. The van der Waals surface area contributed by atoms with Crippen molar-refractivity contribution in [3.05, 3.63) is 36.2 Å². The van der Waals surface area contributed by atoms with Gasteiger partial charge in [-0.3, -0.25) is 4.90 Å². The first kappa shape index (κ1) is 15.5. The Morgan fingerprint density at radius 2 is 1.85 bits per heavy atom. The van der Waals surface area contributed by atoms with Crippen molar-refractivity contribution >= 4 is 11.6 Å². The summed E-state index contributed by atoms with van der Waals surface area (Å²) >= 11 is 0. The first-order chi connectivity index (χ1) is 13.3. The largest absolute Gasteiger partial charge is 0.454 e. The van der Waals surface area contributed by atoms with Gasteiger partial charge in [-0.2, -0.15) is 0 Å². The zero-order valence-electron chi connectivity index (χ0n) is 15.1. The van der Waals surface area contributed by atoms with Crippen LogP contribution in [0.4, 0.5) is 11.6 Å². The normalized spacial score (nSPS) is 33.3. The molecular formula is C20H23N5O2. The molecule has 2 aromatic rings. The van der Waals surface area contributed by atoms with Crippen molar-refractivity contribution in [1.82, 2.24) is 14.9 Å². The molecule has 5 aliphatic heterocycles. The van der Waals surface area contributed by atoms with Crippen LogP contribution in [0.1, 0.15) is 24.3 Å². The topological polar surface area (TPSA) is 76.7 Å². The molecule has 4 saturated heterocycles. The van der Waals surface area contributed by atoms with E-state index in [1.165, 1.54) is 31.5 Å². The minimum Gasteiger partial charge on any atom is -0.454 e. The molecule has 7 nitrogen and oxygen atoms in total. The highest BCUT2D eigenvalue weighted by Crippen LogP contribution is 2.48. The molecule has 7 rings (SSSR count). The molecule has 2 N–H and O–H groups in total. The smallest absolute Gasteiger partial charge is 0.231 e. The molecule has 0 aliphatic carbocycles. The van der Waals surface area contributed by atoms with Crippen LogP contribution in [0.25, 0.3) is 0 Å². The Labute approximate surface area is 158 Å². The average molecular weight is 365 g/mol. The van der Waals surface area contributed by atoms with E-state index < -0.39 is 0 Å². The van der Waals surface area contributed by atoms with Crippen molar-refractivity contribution in [2.45, 2.75) is 30.8 Å². The van der Waals surface area contributed by atoms with Gasteiger partial charge in [0.2, 0.25) is 6.79 Å². The van der Waals surface area contributed by atoms with Gasteiger partial charge in [0.05, 0.1) is 0 Å². The maximum absolute atomic E-state index is 5.96. The predicted octanol–water partition coefficient (Wildman–Crippen LogP) is 1.85. The Morgan fingerprint density at radius 3 is 2.70 bits per heavy atom. The fourth-order valence-electron chi connectivity index (χ4n) is 5.64. The summed E-state index contributed by atoms with van der Waals surface area (Å²) in [7, 11) is 0. The summed E-state index contributed by atoms with van der Waals surface area (Å²) in [6.07, 6.45) is 4.12. The summed E-state index contributed by atoms with van der Waals surface area (Å²) in [5, 5.41) is 0. The third kappa shape index (κ3) is 2.31. The zero-order chi connectivity index (χ0) is 18.0. The molecule has 0 amide bonds. The number of nitrogens with two attached hydrogens (primary N) is 1. The molecule has 2 bridgehead atoms. The number of nitrogens with zero attached hydrogens (tertiary/aromatic N) is 4. The lowest BCUT2D eigenvalue weighted by Gasteiger charge is -2.51. The molecule has 5 aliphatic rings. The number of anilines is 2. The van der Waals surface area contributed by atoms with Crippen LogP contribution in [-0.2, 0) is 0 Å². The number of piperidine rings is 3. The molecule has 0 spiro atoms. The SMILES string of the molecule is Nc1cc(N2C[C@@H](c3ccc4c(c3)OCO4)[C@@H]3[C@H]2C2CCN3CC2)ncn1. The number of hydrogen-bond donors (Lipinski definition) is 1. The number of nitrogen functional groups attached to an aromatic ring is 1. The molecule has 1 aromatic carbocycles. The highest BCUT2D eigenvalue weighted by atomic mass is 16.7. The molecule has 7 heteroatoms. The summed E-state index contributed by atoms with van der Waals surface area (Å²) < 4.78 is 11.1. The van der Waals surface area contributed by atoms with E-state index >= 15 is 0 Å². The Balaban J connectivity index is 1.42. The van der Waals surface area contributed by atoms with Crippen LogP contribution in [-0.4, -0.2) is 53.4 Å². The molecule has 0 radical (unpaired) electrons. The Morgan fingerprint density at radius 1 is 1.00 bits per heavy atom. The van der Waals surface area contributed by atoms with E-state index in [1.54, 1.807) is 6.33 Å². The van der Waals surface area contributed by atoms with Crippen LogP contribution in [0.2, 0.25) is 0 Å². The summed E-state index contributed by atoms with van der Waals surface area (Å²) in [5.74, 6) is 4.33. The van der Waals surface area contributed by atoms with Crippen LogP contribution in [0.15, 0.2) is 30.6 Å². The number of rotatable bonds is 2. The van der Waals surface area contributed by atoms with Gasteiger partial charge < -0.3 is 20.1 Å². The molecule has 140 valence electrons. The number of ether oxygens (including phenoxy) is 2. The highest BCUT2D eigenvalue weighted by Gasteiger charge is 2.53. The minimum atomic E-state index is 0.316. The molecule has 3 atom stereocenters. The molecule has 27 heavy (non-hydrogen) atoms. The summed E-state index contributed by atoms with van der Waals surface area (Å²) in [6, 6.07) is 9.33. The molecule has 0 unspecified atom stereocenters. The van der Waals surface area contributed by atoms with Crippen LogP contribution < -0.4 is 20.1 Å². The van der Waals surface area contributed by atoms with Gasteiger partial charge in [-0.15, -0.1) is 0 Å². The molecular weight excluding hydrogens is 342 g/mol. The summed E-state index contributed by atoms with van der Waals surface area (Å²) in [6.45, 7) is 3.66. The van der Waals surface area contributed by atoms with Crippen molar-refractivity contribution in [2.75, 3.05) is 37.1 Å². The van der Waals surface area contributed by atoms with E-state index in [2.05, 4.69) is 38.0 Å². The number of benzene rings is 1. The standard InChI is InChI=1S/C20H23N5O2/c21-17-8-18(23-10-22-17)25-9-14(13-1-2-15-16(7-13)27-11-26-15)20-19(25)12-3-5-24(20)6-4-12/h1-2,7-8,10,12,14,19-20H,3-6,9,11H2,(H2,21,22,23)/t14-,19+,20+/m0/s1. The van der Waals surface area contributed by atoms with Gasteiger partial charge in [-0.05, 0) is 49.5 Å². The fourth-order valence-corrected chi connectivity index (χ4v) is 5.64. The minimum absolute atomic E-state index is 0.316. The maximum atomic E-state index is 5.96. The van der Waals surface area contributed by atoms with E-state index in [4.69, 9.17) is 15.2 Å². The van der Waals surface area contributed by atoms with Crippen molar-refractivity contribution in [3.63, 3.8) is 0 Å². The highest BCUT2D eigenvalue weighted by molar-refractivity contribution is 5.52. The zero-order valence-corrected chi connectivity index (χ0v) is 15.1. The second-order valence-electron chi connectivity index (χ2n) is 8.03. The van der Waals surface area contributed by atoms with E-state index in [0.717, 1.165) is 29.8 Å². The number of hydrogen-bond acceptors (Lipinski definition) is 7. The third-order valence-electron chi connectivity index (χ3n) is 6.79. The van der Waals surface area contributed by atoms with Gasteiger partial charge in [0, 0.05) is 30.6 Å². The lowest BCUT2D eigenvalue weighted by molar-refractivity contribution is 0.0354. The van der Waals surface area contributed by atoms with Gasteiger partial charge in [0.25, 0.3) is 0 Å². The fraction of sp³-hybridized carbons (Fsp3) is 0.500. The van der Waals surface area contributed by atoms with Gasteiger partial charge in [-0.25, -0.2) is 9.97 Å². The Hall–Kier alpha value is -2.54. The average Bonchev–Trinajstić information content (AvgIpc) is 3.34. The molecule has 0 saturated carbocycles. The monoisotopic (exact) mass is 365 g/mol. The van der Waals surface area contributed by atoms with Crippen molar-refractivity contribution in [2.24, 2.45) is 5.92 Å². The van der Waals surface area contributed by atoms with Gasteiger partial charge in [-0.1, -0.05) is 6.07 Å². The van der Waals surface area contributed by atoms with Crippen LogP contribution in [0.3, 0.4) is 0 Å². The van der Waals surface area contributed by atoms with Gasteiger partial charge in [0.1, 0.15) is 18.0 Å². The number of fused-ring (bicyclic) bond motifs is 3. The van der Waals surface area contributed by atoms with E-state index in [0.29, 0.717) is 30.6 Å². The lowest BCUT2D eigenvalue weighted by atomic mass is 9.75. The molecule has 6 heterocycles. The van der Waals surface area contributed by atoms with E-state index in [-0.39, 0.29) is 0 Å². The second-order valence-corrected chi connectivity index (χ2v) is 8.03.